The molecule has 1 saturated heterocycles. The number of rotatable bonds is 5. The van der Waals surface area contributed by atoms with E-state index in [4.69, 9.17) is 5.11 Å². The minimum absolute atomic E-state index is 0.155. The molecule has 110 valence electrons. The largest absolute Gasteiger partial charge is 0.481 e. The average Bonchev–Trinajstić information content (AvgIpc) is 2.36. The van der Waals surface area contributed by atoms with Crippen molar-refractivity contribution in [3.63, 3.8) is 0 Å². The molecule has 1 amide bonds. The van der Waals surface area contributed by atoms with Gasteiger partial charge < -0.3 is 10.0 Å². The first kappa shape index (κ1) is 15.9. The molecule has 0 bridgehead atoms. The molecule has 0 aromatic heterocycles. The van der Waals surface area contributed by atoms with Gasteiger partial charge >= 0.3 is 5.97 Å². The van der Waals surface area contributed by atoms with Gasteiger partial charge in [-0.15, -0.1) is 0 Å². The molecule has 0 aromatic rings. The maximum absolute atomic E-state index is 11.9. The molecule has 2 N–H and O–H groups in total. The van der Waals surface area contributed by atoms with Crippen LogP contribution in [0.1, 0.15) is 12.8 Å². The van der Waals surface area contributed by atoms with Gasteiger partial charge in [-0.3, -0.25) is 9.59 Å². The first-order chi connectivity index (χ1) is 8.74. The number of hydrogen-bond donors (Lipinski definition) is 2. The molecule has 1 aliphatic heterocycles. The Morgan fingerprint density at radius 3 is 2.26 bits per heavy atom. The van der Waals surface area contributed by atoms with Gasteiger partial charge in [-0.25, -0.2) is 0 Å². The van der Waals surface area contributed by atoms with Crippen LogP contribution in [-0.4, -0.2) is 68.3 Å². The third kappa shape index (κ3) is 4.44. The van der Waals surface area contributed by atoms with E-state index in [1.54, 1.807) is 0 Å². The monoisotopic (exact) mass is 293 g/mol. The number of carboxylic acid groups (broad SMARTS) is 1. The summed E-state index contributed by atoms with van der Waals surface area (Å²) in [4.78, 5) is 23.4. The van der Waals surface area contributed by atoms with Gasteiger partial charge in [0.25, 0.3) is 10.2 Å². The molecule has 0 atom stereocenters. The van der Waals surface area contributed by atoms with Gasteiger partial charge in [-0.05, 0) is 12.8 Å². The summed E-state index contributed by atoms with van der Waals surface area (Å²) in [6.07, 6.45) is 0.579. The quantitative estimate of drug-likeness (QED) is 0.655. The van der Waals surface area contributed by atoms with Crippen LogP contribution in [0.3, 0.4) is 0 Å². The van der Waals surface area contributed by atoms with Crippen molar-refractivity contribution in [3.8, 4) is 0 Å². The van der Waals surface area contributed by atoms with Gasteiger partial charge in [0.05, 0.1) is 12.5 Å². The molecule has 0 unspecified atom stereocenters. The number of piperidine rings is 1. The standard InChI is InChI=1S/C10H19N3O5S/c1-12(2)9(14)7-11-19(17,18)13-5-3-8(4-6-13)10(15)16/h8,11H,3-7H2,1-2H3,(H,15,16). The molecule has 8 nitrogen and oxygen atoms in total. The Bertz CT molecular complexity index is 440. The average molecular weight is 293 g/mol. The van der Waals surface area contributed by atoms with E-state index in [2.05, 4.69) is 4.72 Å². The third-order valence-electron chi connectivity index (χ3n) is 3.05. The SMILES string of the molecule is CN(C)C(=O)CNS(=O)(=O)N1CCC(C(=O)O)CC1. The Kier molecular flexibility index (Phi) is 5.27. The summed E-state index contributed by atoms with van der Waals surface area (Å²) in [7, 11) is -0.645. The highest BCUT2D eigenvalue weighted by Gasteiger charge is 2.31. The second-order valence-electron chi connectivity index (χ2n) is 4.63. The molecule has 0 saturated carbocycles. The van der Waals surface area contributed by atoms with Crippen molar-refractivity contribution in [2.75, 3.05) is 33.7 Å². The molecule has 19 heavy (non-hydrogen) atoms. The molecule has 1 fully saturated rings. The van der Waals surface area contributed by atoms with Crippen LogP contribution in [0.5, 0.6) is 0 Å². The van der Waals surface area contributed by atoms with Gasteiger partial charge in [0.15, 0.2) is 0 Å². The zero-order valence-corrected chi connectivity index (χ0v) is 11.8. The second kappa shape index (κ2) is 6.31. The zero-order chi connectivity index (χ0) is 14.6. The van der Waals surface area contributed by atoms with E-state index in [1.807, 2.05) is 0 Å². The van der Waals surface area contributed by atoms with Crippen LogP contribution >= 0.6 is 0 Å². The summed E-state index contributed by atoms with van der Waals surface area (Å²) < 4.78 is 27.2. The van der Waals surface area contributed by atoms with E-state index < -0.39 is 22.1 Å². The van der Waals surface area contributed by atoms with Gasteiger partial charge in [0.2, 0.25) is 5.91 Å². The summed E-state index contributed by atoms with van der Waals surface area (Å²) in [5, 5.41) is 8.83. The molecule has 0 aliphatic carbocycles. The van der Waals surface area contributed by atoms with E-state index in [0.29, 0.717) is 0 Å². The van der Waals surface area contributed by atoms with Crippen LogP contribution in [0.15, 0.2) is 0 Å². The minimum Gasteiger partial charge on any atom is -0.481 e. The normalized spacial score (nSPS) is 18.2. The molecule has 1 rings (SSSR count). The maximum Gasteiger partial charge on any atom is 0.306 e. The summed E-state index contributed by atoms with van der Waals surface area (Å²) in [5.74, 6) is -1.73. The second-order valence-corrected chi connectivity index (χ2v) is 6.38. The van der Waals surface area contributed by atoms with Gasteiger partial charge in [0, 0.05) is 27.2 Å². The molecule has 0 spiro atoms. The van der Waals surface area contributed by atoms with Crippen molar-refractivity contribution in [1.82, 2.24) is 13.9 Å². The van der Waals surface area contributed by atoms with Gasteiger partial charge in [-0.1, -0.05) is 0 Å². The van der Waals surface area contributed by atoms with Crippen LogP contribution in [0, 0.1) is 5.92 Å². The van der Waals surface area contributed by atoms with E-state index in [0.717, 1.165) is 0 Å². The molecular formula is C10H19N3O5S. The minimum atomic E-state index is -3.72. The highest BCUT2D eigenvalue weighted by atomic mass is 32.2. The molecule has 1 heterocycles. The van der Waals surface area contributed by atoms with Gasteiger partial charge in [0.1, 0.15) is 0 Å². The Hall–Kier alpha value is -1.19. The number of amides is 1. The smallest absolute Gasteiger partial charge is 0.306 e. The molecule has 0 radical (unpaired) electrons. The summed E-state index contributed by atoms with van der Waals surface area (Å²) in [6.45, 7) is 0.0130. The Morgan fingerprint density at radius 1 is 1.32 bits per heavy atom. The molecule has 0 aromatic carbocycles. The molecule has 9 heteroatoms. The van der Waals surface area contributed by atoms with Crippen molar-refractivity contribution in [2.24, 2.45) is 5.92 Å². The number of aliphatic carboxylic acids is 1. The fraction of sp³-hybridized carbons (Fsp3) is 0.800. The Labute approximate surface area is 112 Å². The lowest BCUT2D eigenvalue weighted by Crippen LogP contribution is -2.48. The van der Waals surface area contributed by atoms with Crippen LogP contribution in [0.25, 0.3) is 0 Å². The molecular weight excluding hydrogens is 274 g/mol. The van der Waals surface area contributed by atoms with E-state index >= 15 is 0 Å². The van der Waals surface area contributed by atoms with Crippen molar-refractivity contribution in [1.29, 1.82) is 0 Å². The van der Waals surface area contributed by atoms with E-state index in [-0.39, 0.29) is 38.4 Å². The third-order valence-corrected chi connectivity index (χ3v) is 4.60. The van der Waals surface area contributed by atoms with Crippen molar-refractivity contribution in [2.45, 2.75) is 12.8 Å². The number of carboxylic acids is 1. The lowest BCUT2D eigenvalue weighted by Gasteiger charge is -2.29. The van der Waals surface area contributed by atoms with Crippen molar-refractivity contribution < 1.29 is 23.1 Å². The van der Waals surface area contributed by atoms with Crippen LogP contribution in [0.4, 0.5) is 0 Å². The van der Waals surface area contributed by atoms with Crippen LogP contribution in [0.2, 0.25) is 0 Å². The number of carbonyl (C=O) groups is 2. The van der Waals surface area contributed by atoms with Crippen LogP contribution in [-0.2, 0) is 19.8 Å². The van der Waals surface area contributed by atoms with Crippen molar-refractivity contribution >= 4 is 22.1 Å². The number of nitrogens with zero attached hydrogens (tertiary/aromatic N) is 2. The number of nitrogens with one attached hydrogen (secondary N) is 1. The predicted molar refractivity (Wildman–Crippen MR) is 67.5 cm³/mol. The first-order valence-electron chi connectivity index (χ1n) is 5.91. The van der Waals surface area contributed by atoms with Gasteiger partial charge in [-0.2, -0.15) is 17.4 Å². The summed E-state index contributed by atoms with van der Waals surface area (Å²) in [5.41, 5.74) is 0. The predicted octanol–water partition coefficient (Wildman–Crippen LogP) is -1.29. The molecule has 1 aliphatic rings. The number of likely N-dealkylation sites (N-methyl/N-ethyl adjacent to an activating group) is 1. The summed E-state index contributed by atoms with van der Waals surface area (Å²) >= 11 is 0. The maximum atomic E-state index is 11.9. The zero-order valence-electron chi connectivity index (χ0n) is 11.0. The summed E-state index contributed by atoms with van der Waals surface area (Å²) in [6, 6.07) is 0. The van der Waals surface area contributed by atoms with E-state index in [9.17, 15) is 18.0 Å². The van der Waals surface area contributed by atoms with E-state index in [1.165, 1.54) is 23.3 Å². The van der Waals surface area contributed by atoms with Crippen molar-refractivity contribution in [3.05, 3.63) is 0 Å². The lowest BCUT2D eigenvalue weighted by atomic mass is 9.99. The fourth-order valence-corrected chi connectivity index (χ4v) is 2.93. The highest BCUT2D eigenvalue weighted by molar-refractivity contribution is 7.87. The first-order valence-corrected chi connectivity index (χ1v) is 7.35. The highest BCUT2D eigenvalue weighted by Crippen LogP contribution is 2.18. The number of hydrogen-bond acceptors (Lipinski definition) is 4. The van der Waals surface area contributed by atoms with Crippen LogP contribution < -0.4 is 4.72 Å². The Morgan fingerprint density at radius 2 is 1.84 bits per heavy atom. The number of carbonyl (C=O) groups excluding carboxylic acids is 1. The Balaban J connectivity index is 2.51. The fourth-order valence-electron chi connectivity index (χ4n) is 1.75. The topological polar surface area (TPSA) is 107 Å². The lowest BCUT2D eigenvalue weighted by molar-refractivity contribution is -0.142.